The second kappa shape index (κ2) is 5.68. The fourth-order valence-corrected chi connectivity index (χ4v) is 1.86. The summed E-state index contributed by atoms with van der Waals surface area (Å²) in [6.45, 7) is 0. The molecule has 0 fully saturated rings. The van der Waals surface area contributed by atoms with Gasteiger partial charge in [-0.05, 0) is 12.1 Å². The third kappa shape index (κ3) is 3.19. The van der Waals surface area contributed by atoms with Crippen LogP contribution in [0.15, 0.2) is 33.6 Å². The minimum atomic E-state index is -4.48. The molecule has 1 heterocycles. The maximum absolute atomic E-state index is 12.5. The second-order valence-corrected chi connectivity index (χ2v) is 4.56. The normalized spacial score (nSPS) is 13.1. The van der Waals surface area contributed by atoms with Gasteiger partial charge in [-0.15, -0.1) is 0 Å². The number of carboxylic acids is 1. The van der Waals surface area contributed by atoms with Crippen molar-refractivity contribution in [3.8, 4) is 11.3 Å². The van der Waals surface area contributed by atoms with Gasteiger partial charge in [-0.1, -0.05) is 12.1 Å². The van der Waals surface area contributed by atoms with Gasteiger partial charge < -0.3 is 15.4 Å². The molecule has 9 heteroatoms. The summed E-state index contributed by atoms with van der Waals surface area (Å²) >= 11 is 0. The number of aromatic nitrogens is 1. The molecule has 118 valence electrons. The first-order chi connectivity index (χ1) is 10.2. The lowest BCUT2D eigenvalue weighted by molar-refractivity contribution is -0.139. The quantitative estimate of drug-likeness (QED) is 0.794. The van der Waals surface area contributed by atoms with E-state index in [0.29, 0.717) is 0 Å². The van der Waals surface area contributed by atoms with Gasteiger partial charge in [0.2, 0.25) is 0 Å². The molecule has 0 aliphatic rings. The largest absolute Gasteiger partial charge is 0.480 e. The number of rotatable bonds is 4. The summed E-state index contributed by atoms with van der Waals surface area (Å²) in [6, 6.07) is 2.61. The Morgan fingerprint density at radius 2 is 1.91 bits per heavy atom. The van der Waals surface area contributed by atoms with Gasteiger partial charge in [-0.3, -0.25) is 9.59 Å². The Morgan fingerprint density at radius 3 is 2.41 bits per heavy atom. The van der Waals surface area contributed by atoms with E-state index in [1.54, 1.807) is 0 Å². The number of aliphatic carboxylic acids is 1. The molecule has 0 spiro atoms. The number of H-pyrrole nitrogens is 1. The van der Waals surface area contributed by atoms with E-state index in [1.165, 1.54) is 0 Å². The number of carbonyl (C=O) groups is 1. The van der Waals surface area contributed by atoms with Crippen LogP contribution >= 0.6 is 0 Å². The molecule has 0 aliphatic carbocycles. The van der Waals surface area contributed by atoms with E-state index in [1.807, 2.05) is 5.16 Å². The average Bonchev–Trinajstić information content (AvgIpc) is 2.79. The van der Waals surface area contributed by atoms with Gasteiger partial charge in [0.15, 0.2) is 5.76 Å². The summed E-state index contributed by atoms with van der Waals surface area (Å²) in [5, 5.41) is 10.8. The summed E-state index contributed by atoms with van der Waals surface area (Å²) in [5.74, 6) is -1.34. The van der Waals surface area contributed by atoms with Crippen molar-refractivity contribution < 1.29 is 27.6 Å². The van der Waals surface area contributed by atoms with Crippen LogP contribution in [0.1, 0.15) is 11.1 Å². The van der Waals surface area contributed by atoms with Crippen molar-refractivity contribution in [3.63, 3.8) is 0 Å². The van der Waals surface area contributed by atoms with E-state index in [9.17, 15) is 22.8 Å². The molecule has 1 unspecified atom stereocenters. The summed E-state index contributed by atoms with van der Waals surface area (Å²) in [7, 11) is 0. The van der Waals surface area contributed by atoms with Gasteiger partial charge >= 0.3 is 12.1 Å². The zero-order chi connectivity index (χ0) is 16.5. The molecule has 2 aromatic rings. The van der Waals surface area contributed by atoms with Gasteiger partial charge in [-0.25, -0.2) is 0 Å². The lowest BCUT2D eigenvalue weighted by Crippen LogP contribution is -2.33. The minimum Gasteiger partial charge on any atom is -0.480 e. The Labute approximate surface area is 121 Å². The Balaban J connectivity index is 2.38. The van der Waals surface area contributed by atoms with E-state index in [-0.39, 0.29) is 23.3 Å². The Hall–Kier alpha value is -2.55. The van der Waals surface area contributed by atoms with Crippen LogP contribution in [0.4, 0.5) is 13.2 Å². The molecular formula is C13H11F3N2O4. The SMILES string of the molecule is NC(Cc1c(-c2ccc(C(F)(F)F)cc2)o[nH]c1=O)C(=O)O. The molecule has 0 amide bonds. The van der Waals surface area contributed by atoms with Crippen LogP contribution in [0.5, 0.6) is 0 Å². The number of benzene rings is 1. The van der Waals surface area contributed by atoms with E-state index in [0.717, 1.165) is 24.3 Å². The smallest absolute Gasteiger partial charge is 0.416 e. The molecule has 1 atom stereocenters. The Morgan fingerprint density at radius 1 is 1.32 bits per heavy atom. The van der Waals surface area contributed by atoms with Crippen molar-refractivity contribution in [1.29, 1.82) is 0 Å². The summed E-state index contributed by atoms with van der Waals surface area (Å²) in [6.07, 6.45) is -4.79. The number of alkyl halides is 3. The van der Waals surface area contributed by atoms with Gasteiger partial charge in [0.25, 0.3) is 5.56 Å². The number of nitrogens with one attached hydrogen (secondary N) is 1. The van der Waals surface area contributed by atoms with E-state index >= 15 is 0 Å². The highest BCUT2D eigenvalue weighted by molar-refractivity contribution is 5.74. The topological polar surface area (TPSA) is 109 Å². The van der Waals surface area contributed by atoms with Crippen LogP contribution in [0, 0.1) is 0 Å². The molecule has 1 aromatic carbocycles. The first kappa shape index (κ1) is 15.8. The van der Waals surface area contributed by atoms with Crippen LogP contribution < -0.4 is 11.3 Å². The highest BCUT2D eigenvalue weighted by atomic mass is 19.4. The number of carboxylic acid groups (broad SMARTS) is 1. The summed E-state index contributed by atoms with van der Waals surface area (Å²) in [5.41, 5.74) is 4.01. The fourth-order valence-electron chi connectivity index (χ4n) is 1.86. The van der Waals surface area contributed by atoms with Crippen molar-refractivity contribution in [3.05, 3.63) is 45.7 Å². The van der Waals surface area contributed by atoms with E-state index in [2.05, 4.69) is 0 Å². The zero-order valence-corrected chi connectivity index (χ0v) is 11.0. The molecule has 4 N–H and O–H groups in total. The molecule has 22 heavy (non-hydrogen) atoms. The third-order valence-electron chi connectivity index (χ3n) is 3.01. The average molecular weight is 316 g/mol. The Bertz CT molecular complexity index is 731. The molecule has 0 radical (unpaired) electrons. The summed E-state index contributed by atoms with van der Waals surface area (Å²) in [4.78, 5) is 22.4. The van der Waals surface area contributed by atoms with Crippen molar-refractivity contribution >= 4 is 5.97 Å². The molecule has 0 bridgehead atoms. The van der Waals surface area contributed by atoms with E-state index < -0.39 is 29.3 Å². The first-order valence-corrected chi connectivity index (χ1v) is 6.06. The Kier molecular flexibility index (Phi) is 4.09. The predicted molar refractivity (Wildman–Crippen MR) is 69.1 cm³/mol. The molecule has 1 aromatic heterocycles. The van der Waals surface area contributed by atoms with Crippen LogP contribution in [0.25, 0.3) is 11.3 Å². The van der Waals surface area contributed by atoms with Crippen LogP contribution in [-0.2, 0) is 17.4 Å². The van der Waals surface area contributed by atoms with Gasteiger partial charge in [-0.2, -0.15) is 18.3 Å². The third-order valence-corrected chi connectivity index (χ3v) is 3.01. The maximum atomic E-state index is 12.5. The van der Waals surface area contributed by atoms with Crippen LogP contribution in [-0.4, -0.2) is 22.3 Å². The molecular weight excluding hydrogens is 305 g/mol. The molecule has 2 rings (SSSR count). The highest BCUT2D eigenvalue weighted by Gasteiger charge is 2.30. The van der Waals surface area contributed by atoms with Gasteiger partial charge in [0.1, 0.15) is 6.04 Å². The van der Waals surface area contributed by atoms with Crippen molar-refractivity contribution in [2.24, 2.45) is 5.73 Å². The first-order valence-electron chi connectivity index (χ1n) is 6.06. The second-order valence-electron chi connectivity index (χ2n) is 4.56. The molecule has 0 aliphatic heterocycles. The fraction of sp³-hybridized carbons (Fsp3) is 0.231. The summed E-state index contributed by atoms with van der Waals surface area (Å²) < 4.78 is 42.4. The van der Waals surface area contributed by atoms with Crippen molar-refractivity contribution in [2.75, 3.05) is 0 Å². The molecule has 0 saturated carbocycles. The number of hydrogen-bond donors (Lipinski definition) is 3. The zero-order valence-electron chi connectivity index (χ0n) is 11.0. The monoisotopic (exact) mass is 316 g/mol. The molecule has 6 nitrogen and oxygen atoms in total. The maximum Gasteiger partial charge on any atom is 0.416 e. The predicted octanol–water partition coefficient (Wildman–Crippen LogP) is 1.61. The van der Waals surface area contributed by atoms with E-state index in [4.69, 9.17) is 15.4 Å². The van der Waals surface area contributed by atoms with Gasteiger partial charge in [0, 0.05) is 12.0 Å². The lowest BCUT2D eigenvalue weighted by atomic mass is 10.0. The van der Waals surface area contributed by atoms with Crippen molar-refractivity contribution in [1.82, 2.24) is 5.16 Å². The lowest BCUT2D eigenvalue weighted by Gasteiger charge is -2.08. The van der Waals surface area contributed by atoms with Crippen LogP contribution in [0.2, 0.25) is 0 Å². The standard InChI is InChI=1S/C13H11F3N2O4/c14-13(15,16)7-3-1-6(2-4-7)10-8(11(19)18-22-10)5-9(17)12(20)21/h1-4,9H,5,17H2,(H,18,19)(H,20,21). The number of halogens is 3. The number of nitrogens with two attached hydrogens (primary N) is 1. The molecule has 0 saturated heterocycles. The van der Waals surface area contributed by atoms with Crippen LogP contribution in [0.3, 0.4) is 0 Å². The highest BCUT2D eigenvalue weighted by Crippen LogP contribution is 2.31. The van der Waals surface area contributed by atoms with Gasteiger partial charge in [0.05, 0.1) is 11.1 Å². The van der Waals surface area contributed by atoms with Crippen molar-refractivity contribution in [2.45, 2.75) is 18.6 Å². The minimum absolute atomic E-state index is 0.0320. The number of hydrogen-bond acceptors (Lipinski definition) is 4. The number of aromatic amines is 1.